The molecule has 2 N–H and O–H groups in total. The van der Waals surface area contributed by atoms with Crippen LogP contribution >= 0.6 is 0 Å². The van der Waals surface area contributed by atoms with Crippen molar-refractivity contribution in [2.24, 2.45) is 0 Å². The minimum atomic E-state index is -0.561. The van der Waals surface area contributed by atoms with Crippen LogP contribution in [0.15, 0.2) is 60.7 Å². The van der Waals surface area contributed by atoms with Gasteiger partial charge < -0.3 is 15.5 Å². The molecule has 24 heavy (non-hydrogen) atoms. The van der Waals surface area contributed by atoms with E-state index in [1.54, 1.807) is 4.90 Å². The van der Waals surface area contributed by atoms with Gasteiger partial charge in [0.25, 0.3) is 0 Å². The fraction of sp³-hybridized carbons (Fsp3) is 0.263. The highest BCUT2D eigenvalue weighted by molar-refractivity contribution is 6.35. The van der Waals surface area contributed by atoms with Crippen LogP contribution in [-0.2, 0) is 9.59 Å². The van der Waals surface area contributed by atoms with Crippen molar-refractivity contribution < 1.29 is 9.59 Å². The van der Waals surface area contributed by atoms with Crippen molar-refractivity contribution >= 4 is 11.8 Å². The van der Waals surface area contributed by atoms with Crippen molar-refractivity contribution in [1.29, 1.82) is 0 Å². The smallest absolute Gasteiger partial charge is 0.311 e. The second kappa shape index (κ2) is 7.75. The summed E-state index contributed by atoms with van der Waals surface area (Å²) in [5.74, 6) is -1.03. The Morgan fingerprint density at radius 3 is 1.88 bits per heavy atom. The second-order valence-corrected chi connectivity index (χ2v) is 5.77. The molecular weight excluding hydrogens is 302 g/mol. The molecular formula is C19H21N3O2. The maximum atomic E-state index is 12.5. The second-order valence-electron chi connectivity index (χ2n) is 5.77. The van der Waals surface area contributed by atoms with Gasteiger partial charge in [-0.3, -0.25) is 9.59 Å². The van der Waals surface area contributed by atoms with Crippen LogP contribution in [0.4, 0.5) is 0 Å². The number of amides is 2. The molecule has 2 aromatic rings. The first kappa shape index (κ1) is 16.2. The summed E-state index contributed by atoms with van der Waals surface area (Å²) in [6, 6.07) is 19.0. The summed E-state index contributed by atoms with van der Waals surface area (Å²) in [6.07, 6.45) is 0. The summed E-state index contributed by atoms with van der Waals surface area (Å²) in [4.78, 5) is 26.5. The van der Waals surface area contributed by atoms with Gasteiger partial charge in [0.05, 0.1) is 6.04 Å². The predicted molar refractivity (Wildman–Crippen MR) is 92.3 cm³/mol. The number of hydrogen-bond donors (Lipinski definition) is 2. The van der Waals surface area contributed by atoms with E-state index < -0.39 is 11.8 Å². The fourth-order valence-corrected chi connectivity index (χ4v) is 2.85. The molecule has 1 fully saturated rings. The van der Waals surface area contributed by atoms with Crippen LogP contribution in [0.5, 0.6) is 0 Å². The monoisotopic (exact) mass is 323 g/mol. The molecule has 1 heterocycles. The van der Waals surface area contributed by atoms with E-state index in [4.69, 9.17) is 0 Å². The van der Waals surface area contributed by atoms with Gasteiger partial charge in [-0.15, -0.1) is 0 Å². The molecule has 1 aliphatic rings. The van der Waals surface area contributed by atoms with Crippen LogP contribution in [0.2, 0.25) is 0 Å². The van der Waals surface area contributed by atoms with Gasteiger partial charge in [-0.05, 0) is 11.1 Å². The van der Waals surface area contributed by atoms with Gasteiger partial charge in [-0.25, -0.2) is 0 Å². The van der Waals surface area contributed by atoms with E-state index in [1.807, 2.05) is 60.7 Å². The number of carbonyl (C=O) groups is 2. The Hall–Kier alpha value is -2.66. The fourth-order valence-electron chi connectivity index (χ4n) is 2.85. The SMILES string of the molecule is O=C(NC(c1ccccc1)c1ccccc1)C(=O)N1CCNCC1. The lowest BCUT2D eigenvalue weighted by atomic mass is 9.98. The molecule has 1 aliphatic heterocycles. The van der Waals surface area contributed by atoms with Crippen LogP contribution < -0.4 is 10.6 Å². The third kappa shape index (κ3) is 3.81. The van der Waals surface area contributed by atoms with Crippen LogP contribution in [0, 0.1) is 0 Å². The van der Waals surface area contributed by atoms with Crippen molar-refractivity contribution in [3.63, 3.8) is 0 Å². The first-order valence-corrected chi connectivity index (χ1v) is 8.16. The highest BCUT2D eigenvalue weighted by Gasteiger charge is 2.26. The van der Waals surface area contributed by atoms with Gasteiger partial charge in [0, 0.05) is 26.2 Å². The molecule has 5 nitrogen and oxygen atoms in total. The van der Waals surface area contributed by atoms with Gasteiger partial charge in [-0.1, -0.05) is 60.7 Å². The molecule has 0 aliphatic carbocycles. The Labute approximate surface area is 141 Å². The number of carbonyl (C=O) groups excluding carboxylic acids is 2. The molecule has 124 valence electrons. The third-order valence-electron chi connectivity index (χ3n) is 4.14. The summed E-state index contributed by atoms with van der Waals surface area (Å²) >= 11 is 0. The number of rotatable bonds is 3. The maximum absolute atomic E-state index is 12.5. The standard InChI is InChI=1S/C19H21N3O2/c23-18(19(24)22-13-11-20-12-14-22)21-17(15-7-3-1-4-8-15)16-9-5-2-6-10-16/h1-10,17,20H,11-14H2,(H,21,23). The Balaban J connectivity index is 1.79. The molecule has 0 radical (unpaired) electrons. The largest absolute Gasteiger partial charge is 0.337 e. The Morgan fingerprint density at radius 1 is 0.875 bits per heavy atom. The quantitative estimate of drug-likeness (QED) is 0.838. The third-order valence-corrected chi connectivity index (χ3v) is 4.14. The van der Waals surface area contributed by atoms with Crippen LogP contribution in [0.25, 0.3) is 0 Å². The van der Waals surface area contributed by atoms with Crippen LogP contribution in [0.1, 0.15) is 17.2 Å². The maximum Gasteiger partial charge on any atom is 0.311 e. The lowest BCUT2D eigenvalue weighted by Crippen LogP contribution is -2.51. The number of hydrogen-bond acceptors (Lipinski definition) is 3. The molecule has 0 unspecified atom stereocenters. The lowest BCUT2D eigenvalue weighted by molar-refractivity contribution is -0.146. The van der Waals surface area contributed by atoms with Crippen molar-refractivity contribution in [3.8, 4) is 0 Å². The number of nitrogens with zero attached hydrogens (tertiary/aromatic N) is 1. The Bertz CT molecular complexity index is 643. The number of benzene rings is 2. The average Bonchev–Trinajstić information content (AvgIpc) is 2.67. The summed E-state index contributed by atoms with van der Waals surface area (Å²) in [5, 5.41) is 6.07. The molecule has 2 aromatic carbocycles. The molecule has 1 saturated heterocycles. The van der Waals surface area contributed by atoms with E-state index in [0.717, 1.165) is 24.2 Å². The topological polar surface area (TPSA) is 61.4 Å². The predicted octanol–water partition coefficient (Wildman–Crippen LogP) is 1.32. The van der Waals surface area contributed by atoms with E-state index in [9.17, 15) is 9.59 Å². The molecule has 0 atom stereocenters. The average molecular weight is 323 g/mol. The van der Waals surface area contributed by atoms with Gasteiger partial charge in [0.1, 0.15) is 0 Å². The molecule has 2 amide bonds. The Kier molecular flexibility index (Phi) is 5.23. The Morgan fingerprint density at radius 2 is 1.38 bits per heavy atom. The minimum absolute atomic E-state index is 0.341. The minimum Gasteiger partial charge on any atom is -0.337 e. The zero-order chi connectivity index (χ0) is 16.8. The lowest BCUT2D eigenvalue weighted by Gasteiger charge is -2.28. The van der Waals surface area contributed by atoms with Crippen LogP contribution in [0.3, 0.4) is 0 Å². The van der Waals surface area contributed by atoms with E-state index in [2.05, 4.69) is 10.6 Å². The molecule has 0 aromatic heterocycles. The van der Waals surface area contributed by atoms with Gasteiger partial charge in [0.2, 0.25) is 0 Å². The van der Waals surface area contributed by atoms with Crippen molar-refractivity contribution in [1.82, 2.24) is 15.5 Å². The van der Waals surface area contributed by atoms with E-state index >= 15 is 0 Å². The van der Waals surface area contributed by atoms with Gasteiger partial charge in [-0.2, -0.15) is 0 Å². The van der Waals surface area contributed by atoms with Crippen molar-refractivity contribution in [2.45, 2.75) is 6.04 Å². The zero-order valence-electron chi connectivity index (χ0n) is 13.4. The van der Waals surface area contributed by atoms with E-state index in [1.165, 1.54) is 0 Å². The van der Waals surface area contributed by atoms with Gasteiger partial charge >= 0.3 is 11.8 Å². The highest BCUT2D eigenvalue weighted by Crippen LogP contribution is 2.21. The van der Waals surface area contributed by atoms with Gasteiger partial charge in [0.15, 0.2) is 0 Å². The highest BCUT2D eigenvalue weighted by atomic mass is 16.2. The number of nitrogens with one attached hydrogen (secondary N) is 2. The molecule has 5 heteroatoms. The molecule has 3 rings (SSSR count). The molecule has 0 saturated carbocycles. The number of piperazine rings is 1. The van der Waals surface area contributed by atoms with Crippen molar-refractivity contribution in [2.75, 3.05) is 26.2 Å². The summed E-state index contributed by atoms with van der Waals surface area (Å²) < 4.78 is 0. The molecule has 0 spiro atoms. The first-order chi connectivity index (χ1) is 11.8. The van der Waals surface area contributed by atoms with E-state index in [0.29, 0.717) is 13.1 Å². The summed E-state index contributed by atoms with van der Waals surface area (Å²) in [6.45, 7) is 2.57. The van der Waals surface area contributed by atoms with E-state index in [-0.39, 0.29) is 6.04 Å². The van der Waals surface area contributed by atoms with Crippen molar-refractivity contribution in [3.05, 3.63) is 71.8 Å². The summed E-state index contributed by atoms with van der Waals surface area (Å²) in [7, 11) is 0. The van der Waals surface area contributed by atoms with Crippen LogP contribution in [-0.4, -0.2) is 42.9 Å². The first-order valence-electron chi connectivity index (χ1n) is 8.16. The zero-order valence-corrected chi connectivity index (χ0v) is 13.4. The normalized spacial score (nSPS) is 14.5. The molecule has 0 bridgehead atoms. The summed E-state index contributed by atoms with van der Waals surface area (Å²) in [5.41, 5.74) is 1.90.